The van der Waals surface area contributed by atoms with Gasteiger partial charge in [-0.1, -0.05) is 32.5 Å². The van der Waals surface area contributed by atoms with Crippen molar-refractivity contribution in [2.24, 2.45) is 0 Å². The third-order valence-corrected chi connectivity index (χ3v) is 4.12. The molecule has 0 saturated heterocycles. The average Bonchev–Trinajstić information content (AvgIpc) is 2.04. The fourth-order valence-corrected chi connectivity index (χ4v) is 2.56. The lowest BCUT2D eigenvalue weighted by Gasteiger charge is -2.23. The van der Waals surface area contributed by atoms with Crippen molar-refractivity contribution in [1.29, 1.82) is 0 Å². The van der Waals surface area contributed by atoms with E-state index in [2.05, 4.69) is 12.6 Å². The Morgan fingerprint density at radius 1 is 1.62 bits per heavy atom. The minimum atomic E-state index is -1.13. The van der Waals surface area contributed by atoms with Gasteiger partial charge in [0.1, 0.15) is 0 Å². The van der Waals surface area contributed by atoms with E-state index in [1.807, 2.05) is 13.8 Å². The van der Waals surface area contributed by atoms with Gasteiger partial charge in [-0.25, -0.2) is 0 Å². The minimum absolute atomic E-state index is 0.465. The zero-order valence-electron chi connectivity index (χ0n) is 7.74. The quantitative estimate of drug-likeness (QED) is 0.570. The van der Waals surface area contributed by atoms with Gasteiger partial charge in [-0.2, -0.15) is 12.6 Å². The van der Waals surface area contributed by atoms with E-state index in [1.54, 1.807) is 0 Å². The van der Waals surface area contributed by atoms with Crippen molar-refractivity contribution in [1.82, 2.24) is 0 Å². The fourth-order valence-electron chi connectivity index (χ4n) is 0.909. The summed E-state index contributed by atoms with van der Waals surface area (Å²) in [5.41, 5.74) is 0. The normalized spacial score (nSPS) is 15.0. The summed E-state index contributed by atoms with van der Waals surface area (Å²) in [5.74, 6) is -0.151. The highest BCUT2D eigenvalue weighted by Crippen LogP contribution is 2.29. The van der Waals surface area contributed by atoms with Crippen LogP contribution in [0, 0.1) is 0 Å². The topological polar surface area (TPSA) is 37.3 Å². The monoisotopic (exact) mass is 238 g/mol. The Hall–Kier alpha value is 0.260. The van der Waals surface area contributed by atoms with Crippen LogP contribution in [0.2, 0.25) is 0 Å². The summed E-state index contributed by atoms with van der Waals surface area (Å²) < 4.78 is -0.669. The molecule has 0 amide bonds. The molecule has 1 unspecified atom stereocenters. The number of thiocarbonyl (C=S) groups is 1. The molecular weight excluding hydrogens is 224 g/mol. The Labute approximate surface area is 93.9 Å². The number of carboxylic acids is 1. The van der Waals surface area contributed by atoms with Gasteiger partial charge in [-0.15, -0.1) is 11.8 Å². The van der Waals surface area contributed by atoms with Crippen molar-refractivity contribution >= 4 is 46.8 Å². The molecule has 0 radical (unpaired) electrons. The Kier molecular flexibility index (Phi) is 6.00. The second-order valence-corrected chi connectivity index (χ2v) is 5.34. The third kappa shape index (κ3) is 3.48. The number of rotatable bonds is 5. The second-order valence-electron chi connectivity index (χ2n) is 2.64. The van der Waals surface area contributed by atoms with Gasteiger partial charge in [0.05, 0.1) is 4.20 Å². The van der Waals surface area contributed by atoms with Crippen LogP contribution in [0.25, 0.3) is 0 Å². The Balaban J connectivity index is 4.57. The molecule has 0 aromatic rings. The molecule has 0 saturated carbocycles. The van der Waals surface area contributed by atoms with Crippen LogP contribution in [0.5, 0.6) is 0 Å². The van der Waals surface area contributed by atoms with E-state index in [9.17, 15) is 4.79 Å². The number of carbonyl (C=O) groups is 1. The van der Waals surface area contributed by atoms with Crippen molar-refractivity contribution in [2.45, 2.75) is 31.4 Å². The number of hydrogen-bond acceptors (Lipinski definition) is 4. The fraction of sp³-hybridized carbons (Fsp3) is 0.750. The summed E-state index contributed by atoms with van der Waals surface area (Å²) in [6.07, 6.45) is 1.25. The Morgan fingerprint density at radius 3 is 2.46 bits per heavy atom. The number of carboxylic acid groups (broad SMARTS) is 1. The first-order valence-corrected chi connectivity index (χ1v) is 5.96. The van der Waals surface area contributed by atoms with Crippen LogP contribution in [-0.2, 0) is 4.79 Å². The van der Waals surface area contributed by atoms with Gasteiger partial charge in [-0.3, -0.25) is 4.79 Å². The SMILES string of the molecule is CCCC(S)(C(=O)O)C(=S)SCC. The zero-order valence-corrected chi connectivity index (χ0v) is 10.3. The second kappa shape index (κ2) is 5.88. The van der Waals surface area contributed by atoms with Gasteiger partial charge in [0.15, 0.2) is 4.75 Å². The van der Waals surface area contributed by atoms with Crippen molar-refractivity contribution in [2.75, 3.05) is 5.75 Å². The molecule has 1 N–H and O–H groups in total. The highest BCUT2D eigenvalue weighted by molar-refractivity contribution is 8.24. The average molecular weight is 238 g/mol. The summed E-state index contributed by atoms with van der Waals surface area (Å²) in [6.45, 7) is 3.87. The van der Waals surface area contributed by atoms with Gasteiger partial charge in [0.25, 0.3) is 0 Å². The van der Waals surface area contributed by atoms with Crippen LogP contribution < -0.4 is 0 Å². The van der Waals surface area contributed by atoms with Crippen molar-refractivity contribution in [3.8, 4) is 0 Å². The first-order chi connectivity index (χ1) is 5.99. The smallest absolute Gasteiger partial charge is 0.325 e. The molecular formula is C8H14O2S3. The molecule has 0 spiro atoms. The first-order valence-electron chi connectivity index (χ1n) is 4.12. The van der Waals surface area contributed by atoms with Crippen LogP contribution in [-0.4, -0.2) is 25.8 Å². The molecule has 0 aliphatic carbocycles. The van der Waals surface area contributed by atoms with E-state index in [0.29, 0.717) is 10.6 Å². The van der Waals surface area contributed by atoms with Crippen molar-refractivity contribution in [3.63, 3.8) is 0 Å². The van der Waals surface area contributed by atoms with Crippen LogP contribution >= 0.6 is 36.6 Å². The highest BCUT2D eigenvalue weighted by atomic mass is 32.2. The molecule has 5 heteroatoms. The van der Waals surface area contributed by atoms with E-state index in [-0.39, 0.29) is 0 Å². The standard InChI is InChI=1S/C8H14O2S3/c1-3-5-8(12,6(9)10)7(11)13-4-2/h12H,3-5H2,1-2H3,(H,9,10). The first kappa shape index (κ1) is 13.3. The lowest BCUT2D eigenvalue weighted by atomic mass is 10.1. The minimum Gasteiger partial charge on any atom is -0.480 e. The van der Waals surface area contributed by atoms with E-state index < -0.39 is 10.7 Å². The molecule has 0 bridgehead atoms. The van der Waals surface area contributed by atoms with Gasteiger partial charge < -0.3 is 5.11 Å². The Morgan fingerprint density at radius 2 is 2.15 bits per heavy atom. The molecule has 13 heavy (non-hydrogen) atoms. The van der Waals surface area contributed by atoms with E-state index >= 15 is 0 Å². The largest absolute Gasteiger partial charge is 0.480 e. The molecule has 0 fully saturated rings. The summed E-state index contributed by atoms with van der Waals surface area (Å²) >= 11 is 10.6. The predicted molar refractivity (Wildman–Crippen MR) is 65.0 cm³/mol. The zero-order chi connectivity index (χ0) is 10.5. The number of thiol groups is 1. The van der Waals surface area contributed by atoms with Crippen molar-refractivity contribution in [3.05, 3.63) is 0 Å². The van der Waals surface area contributed by atoms with Crippen LogP contribution in [0.1, 0.15) is 26.7 Å². The molecule has 2 nitrogen and oxygen atoms in total. The number of thioether (sulfide) groups is 1. The van der Waals surface area contributed by atoms with Crippen LogP contribution in [0.3, 0.4) is 0 Å². The molecule has 1 atom stereocenters. The van der Waals surface area contributed by atoms with Crippen LogP contribution in [0.4, 0.5) is 0 Å². The lowest BCUT2D eigenvalue weighted by Crippen LogP contribution is -2.38. The molecule has 0 heterocycles. The maximum Gasteiger partial charge on any atom is 0.325 e. The van der Waals surface area contributed by atoms with E-state index in [4.69, 9.17) is 17.3 Å². The molecule has 0 aromatic heterocycles. The lowest BCUT2D eigenvalue weighted by molar-refractivity contribution is -0.137. The number of hydrogen-bond donors (Lipinski definition) is 2. The molecule has 0 aliphatic heterocycles. The predicted octanol–water partition coefficient (Wildman–Crippen LogP) is 2.62. The highest BCUT2D eigenvalue weighted by Gasteiger charge is 2.38. The summed E-state index contributed by atoms with van der Waals surface area (Å²) in [7, 11) is 0. The molecule has 0 aromatic carbocycles. The van der Waals surface area contributed by atoms with Crippen LogP contribution in [0.15, 0.2) is 0 Å². The Bertz CT molecular complexity index is 206. The maximum absolute atomic E-state index is 11.0. The molecule has 0 rings (SSSR count). The van der Waals surface area contributed by atoms with Gasteiger partial charge in [0, 0.05) is 0 Å². The van der Waals surface area contributed by atoms with E-state index in [1.165, 1.54) is 11.8 Å². The summed E-state index contributed by atoms with van der Waals surface area (Å²) in [6, 6.07) is 0. The van der Waals surface area contributed by atoms with Gasteiger partial charge >= 0.3 is 5.97 Å². The summed E-state index contributed by atoms with van der Waals surface area (Å²) in [5, 5.41) is 8.98. The van der Waals surface area contributed by atoms with Crippen molar-refractivity contribution < 1.29 is 9.90 Å². The third-order valence-electron chi connectivity index (χ3n) is 1.58. The molecule has 76 valence electrons. The van der Waals surface area contributed by atoms with Gasteiger partial charge in [0.2, 0.25) is 0 Å². The van der Waals surface area contributed by atoms with E-state index in [0.717, 1.165) is 12.2 Å². The number of aliphatic carboxylic acids is 1. The molecule has 0 aliphatic rings. The maximum atomic E-state index is 11.0. The summed E-state index contributed by atoms with van der Waals surface area (Å²) in [4.78, 5) is 11.0. The van der Waals surface area contributed by atoms with Gasteiger partial charge in [-0.05, 0) is 12.2 Å².